The molecule has 0 aliphatic rings. The zero-order chi connectivity index (χ0) is 14.9. The summed E-state index contributed by atoms with van der Waals surface area (Å²) in [5.74, 6) is 0.279. The Balaban J connectivity index is 2.11. The van der Waals surface area contributed by atoms with E-state index in [2.05, 4.69) is 4.98 Å². The van der Waals surface area contributed by atoms with Gasteiger partial charge >= 0.3 is 10.1 Å². The molecule has 3 rings (SSSR count). The van der Waals surface area contributed by atoms with Crippen LogP contribution in [-0.4, -0.2) is 13.4 Å². The average Bonchev–Trinajstić information content (AvgIpc) is 2.47. The first-order valence-electron chi connectivity index (χ1n) is 6.41. The van der Waals surface area contributed by atoms with Crippen LogP contribution < -0.4 is 4.18 Å². The molecule has 0 bridgehead atoms. The van der Waals surface area contributed by atoms with Gasteiger partial charge in [-0.25, -0.2) is 0 Å². The monoisotopic (exact) mass is 299 g/mol. The molecule has 0 aliphatic carbocycles. The summed E-state index contributed by atoms with van der Waals surface area (Å²) >= 11 is 0. The molecule has 0 N–H and O–H groups in total. The van der Waals surface area contributed by atoms with E-state index in [-0.39, 0.29) is 10.6 Å². The third kappa shape index (κ3) is 2.73. The van der Waals surface area contributed by atoms with E-state index in [0.717, 1.165) is 10.9 Å². The van der Waals surface area contributed by atoms with E-state index in [1.54, 1.807) is 42.6 Å². The van der Waals surface area contributed by atoms with Crippen LogP contribution in [0, 0.1) is 6.92 Å². The van der Waals surface area contributed by atoms with Crippen LogP contribution in [0.5, 0.6) is 5.75 Å². The Morgan fingerprint density at radius 3 is 2.52 bits per heavy atom. The van der Waals surface area contributed by atoms with Crippen molar-refractivity contribution >= 4 is 21.0 Å². The van der Waals surface area contributed by atoms with Crippen molar-refractivity contribution in [1.29, 1.82) is 0 Å². The molecule has 0 unspecified atom stereocenters. The first-order valence-corrected chi connectivity index (χ1v) is 7.82. The standard InChI is InChI=1S/C16H13NO3S/c1-12-10-13-6-5-9-15(16(13)17-11-12)21(18,19)20-14-7-3-2-4-8-14/h2-11H,1H3. The van der Waals surface area contributed by atoms with Gasteiger partial charge in [-0.2, -0.15) is 8.42 Å². The number of pyridine rings is 1. The van der Waals surface area contributed by atoms with Gasteiger partial charge in [-0.3, -0.25) is 4.98 Å². The summed E-state index contributed by atoms with van der Waals surface area (Å²) < 4.78 is 30.0. The maximum absolute atomic E-state index is 12.4. The minimum atomic E-state index is -3.92. The Labute approximate surface area is 123 Å². The van der Waals surface area contributed by atoms with E-state index in [1.165, 1.54) is 6.07 Å². The van der Waals surface area contributed by atoms with Gasteiger partial charge in [0, 0.05) is 11.6 Å². The minimum Gasteiger partial charge on any atom is -0.379 e. The van der Waals surface area contributed by atoms with Gasteiger partial charge < -0.3 is 4.18 Å². The second kappa shape index (κ2) is 5.18. The number of benzene rings is 2. The van der Waals surface area contributed by atoms with Crippen molar-refractivity contribution in [3.8, 4) is 5.75 Å². The van der Waals surface area contributed by atoms with Crippen LogP contribution in [0.2, 0.25) is 0 Å². The lowest BCUT2D eigenvalue weighted by Crippen LogP contribution is -2.10. The van der Waals surface area contributed by atoms with Crippen LogP contribution in [0.3, 0.4) is 0 Å². The molecule has 2 aromatic carbocycles. The van der Waals surface area contributed by atoms with Crippen molar-refractivity contribution in [2.45, 2.75) is 11.8 Å². The molecule has 21 heavy (non-hydrogen) atoms. The highest BCUT2D eigenvalue weighted by atomic mass is 32.2. The molecule has 0 fully saturated rings. The van der Waals surface area contributed by atoms with E-state index in [9.17, 15) is 8.42 Å². The normalized spacial score (nSPS) is 11.5. The van der Waals surface area contributed by atoms with Crippen molar-refractivity contribution in [1.82, 2.24) is 4.98 Å². The van der Waals surface area contributed by atoms with Crippen LogP contribution in [0.4, 0.5) is 0 Å². The molecule has 0 saturated heterocycles. The predicted octanol–water partition coefficient (Wildman–Crippen LogP) is 3.31. The number of aryl methyl sites for hydroxylation is 1. The quantitative estimate of drug-likeness (QED) is 0.696. The molecule has 0 saturated carbocycles. The highest BCUT2D eigenvalue weighted by Gasteiger charge is 2.20. The molecule has 0 amide bonds. The Hall–Kier alpha value is -2.40. The lowest BCUT2D eigenvalue weighted by atomic mass is 10.2. The summed E-state index contributed by atoms with van der Waals surface area (Å²) in [6.07, 6.45) is 1.64. The lowest BCUT2D eigenvalue weighted by molar-refractivity contribution is 0.487. The van der Waals surface area contributed by atoms with Crippen LogP contribution in [0.1, 0.15) is 5.56 Å². The number of nitrogens with zero attached hydrogens (tertiary/aromatic N) is 1. The van der Waals surface area contributed by atoms with E-state index >= 15 is 0 Å². The van der Waals surface area contributed by atoms with Gasteiger partial charge in [0.2, 0.25) is 0 Å². The Bertz CT molecular complexity index is 890. The van der Waals surface area contributed by atoms with Crippen LogP contribution in [-0.2, 0) is 10.1 Å². The predicted molar refractivity (Wildman–Crippen MR) is 80.7 cm³/mol. The molecular formula is C16H13NO3S. The first-order chi connectivity index (χ1) is 10.1. The molecule has 0 spiro atoms. The van der Waals surface area contributed by atoms with E-state index in [0.29, 0.717) is 5.52 Å². The van der Waals surface area contributed by atoms with Crippen LogP contribution in [0.15, 0.2) is 65.7 Å². The minimum absolute atomic E-state index is 0.0730. The van der Waals surface area contributed by atoms with Crippen molar-refractivity contribution in [2.24, 2.45) is 0 Å². The molecule has 4 nitrogen and oxygen atoms in total. The number of hydrogen-bond donors (Lipinski definition) is 0. The summed E-state index contributed by atoms with van der Waals surface area (Å²) in [7, 11) is -3.92. The largest absolute Gasteiger partial charge is 0.379 e. The third-order valence-corrected chi connectivity index (χ3v) is 4.31. The highest BCUT2D eigenvalue weighted by Crippen LogP contribution is 2.24. The SMILES string of the molecule is Cc1cnc2c(S(=O)(=O)Oc3ccccc3)cccc2c1. The molecule has 3 aromatic rings. The molecule has 106 valence electrons. The molecule has 0 radical (unpaired) electrons. The molecule has 0 atom stereocenters. The Morgan fingerprint density at radius 2 is 1.76 bits per heavy atom. The maximum atomic E-state index is 12.4. The molecule has 1 aromatic heterocycles. The third-order valence-electron chi connectivity index (χ3n) is 3.03. The molecule has 0 aliphatic heterocycles. The van der Waals surface area contributed by atoms with Crippen molar-refractivity contribution in [2.75, 3.05) is 0 Å². The topological polar surface area (TPSA) is 56.3 Å². The van der Waals surface area contributed by atoms with Gasteiger partial charge in [-0.15, -0.1) is 0 Å². The lowest BCUT2D eigenvalue weighted by Gasteiger charge is -2.09. The maximum Gasteiger partial charge on any atom is 0.341 e. The van der Waals surface area contributed by atoms with E-state index in [4.69, 9.17) is 4.18 Å². The van der Waals surface area contributed by atoms with Gasteiger partial charge in [0.15, 0.2) is 0 Å². The summed E-state index contributed by atoms with van der Waals surface area (Å²) in [5, 5.41) is 0.771. The van der Waals surface area contributed by atoms with Crippen molar-refractivity contribution in [3.63, 3.8) is 0 Å². The zero-order valence-electron chi connectivity index (χ0n) is 11.4. The zero-order valence-corrected chi connectivity index (χ0v) is 12.2. The fraction of sp³-hybridized carbons (Fsp3) is 0.0625. The van der Waals surface area contributed by atoms with Gasteiger partial charge in [0.25, 0.3) is 0 Å². The number of para-hydroxylation sites is 2. The fourth-order valence-electron chi connectivity index (χ4n) is 2.09. The average molecular weight is 299 g/mol. The van der Waals surface area contributed by atoms with Gasteiger partial charge in [0.05, 0.1) is 5.52 Å². The molecule has 1 heterocycles. The summed E-state index contributed by atoms with van der Waals surface area (Å²) in [4.78, 5) is 4.30. The van der Waals surface area contributed by atoms with Crippen molar-refractivity contribution < 1.29 is 12.6 Å². The van der Waals surface area contributed by atoms with Gasteiger partial charge in [-0.1, -0.05) is 30.3 Å². The Morgan fingerprint density at radius 1 is 1.00 bits per heavy atom. The van der Waals surface area contributed by atoms with Gasteiger partial charge in [-0.05, 0) is 36.8 Å². The smallest absolute Gasteiger partial charge is 0.341 e. The second-order valence-corrected chi connectivity index (χ2v) is 6.21. The molecule has 5 heteroatoms. The summed E-state index contributed by atoms with van der Waals surface area (Å²) in [6, 6.07) is 15.3. The first kappa shape index (κ1) is 13.6. The van der Waals surface area contributed by atoms with Crippen molar-refractivity contribution in [3.05, 3.63) is 66.4 Å². The summed E-state index contributed by atoms with van der Waals surface area (Å²) in [5.41, 5.74) is 1.39. The molecular weight excluding hydrogens is 286 g/mol. The highest BCUT2D eigenvalue weighted by molar-refractivity contribution is 7.87. The second-order valence-electron chi connectivity index (χ2n) is 4.69. The fourth-order valence-corrected chi connectivity index (χ4v) is 3.20. The summed E-state index contributed by atoms with van der Waals surface area (Å²) in [6.45, 7) is 1.91. The Kier molecular flexibility index (Phi) is 3.35. The number of aromatic nitrogens is 1. The number of fused-ring (bicyclic) bond motifs is 1. The van der Waals surface area contributed by atoms with E-state index in [1.807, 2.05) is 19.1 Å². The van der Waals surface area contributed by atoms with Crippen LogP contribution >= 0.6 is 0 Å². The number of hydrogen-bond acceptors (Lipinski definition) is 4. The van der Waals surface area contributed by atoms with Crippen LogP contribution in [0.25, 0.3) is 10.9 Å². The van der Waals surface area contributed by atoms with Gasteiger partial charge in [0.1, 0.15) is 10.6 Å². The van der Waals surface area contributed by atoms with E-state index < -0.39 is 10.1 Å². The number of rotatable bonds is 3.